The van der Waals surface area contributed by atoms with E-state index in [0.29, 0.717) is 13.2 Å². The number of hydrogen-bond donors (Lipinski definition) is 1. The van der Waals surface area contributed by atoms with E-state index in [1.807, 2.05) is 30.3 Å². The third-order valence-electron chi connectivity index (χ3n) is 1.98. The maximum absolute atomic E-state index is 11.3. The summed E-state index contributed by atoms with van der Waals surface area (Å²) in [5, 5.41) is 7.63. The maximum atomic E-state index is 11.3. The van der Waals surface area contributed by atoms with Crippen molar-refractivity contribution in [3.8, 4) is 0 Å². The fourth-order valence-corrected chi connectivity index (χ4v) is 1.18. The van der Waals surface area contributed by atoms with Crippen LogP contribution in [0, 0.1) is 0 Å². The average Bonchev–Trinajstić information content (AvgIpc) is 2.36. The Morgan fingerprint density at radius 3 is 2.61 bits per heavy atom. The van der Waals surface area contributed by atoms with Gasteiger partial charge < -0.3 is 20.6 Å². The van der Waals surface area contributed by atoms with E-state index in [2.05, 4.69) is 15.8 Å². The molecule has 0 aromatic heterocycles. The topological polar surface area (TPSA) is 64.8 Å². The molecule has 92 valence electrons. The van der Waals surface area contributed by atoms with E-state index in [1.165, 1.54) is 7.05 Å². The number of ether oxygens (including phenoxy) is 1. The second-order valence-electron chi connectivity index (χ2n) is 3.20. The number of nitrogens with one attached hydrogen (secondary N) is 1. The number of likely N-dealkylation sites (N-methyl/N-ethyl adjacent to an activating group) is 1. The molecule has 0 unspecified atom stereocenters. The number of amidine groups is 1. The molecular formula is C12H16KN3O2. The largest absolute Gasteiger partial charge is 1.00 e. The predicted molar refractivity (Wildman–Crippen MR) is 66.6 cm³/mol. The first-order valence-corrected chi connectivity index (χ1v) is 5.39. The van der Waals surface area contributed by atoms with Crippen molar-refractivity contribution >= 4 is 11.8 Å². The Hall–Kier alpha value is -0.404. The molecule has 1 rings (SSSR count). The van der Waals surface area contributed by atoms with Gasteiger partial charge in [-0.15, -0.1) is 0 Å². The summed E-state index contributed by atoms with van der Waals surface area (Å²) in [5.41, 5.74) is 3.86. The van der Waals surface area contributed by atoms with Crippen LogP contribution in [0.4, 0.5) is 0 Å². The summed E-state index contributed by atoms with van der Waals surface area (Å²) in [6.45, 7) is 2.59. The van der Waals surface area contributed by atoms with E-state index in [0.717, 1.165) is 5.56 Å². The zero-order chi connectivity index (χ0) is 12.5. The first kappa shape index (κ1) is 17.6. The molecule has 0 atom stereocenters. The molecule has 6 heteroatoms. The molecule has 18 heavy (non-hydrogen) atoms. The number of carbonyl (C=O) groups is 1. The van der Waals surface area contributed by atoms with E-state index in [4.69, 9.17) is 4.74 Å². The van der Waals surface area contributed by atoms with Crippen molar-refractivity contribution in [1.29, 1.82) is 0 Å². The van der Waals surface area contributed by atoms with Crippen molar-refractivity contribution in [2.45, 2.75) is 13.5 Å². The molecule has 0 saturated heterocycles. The van der Waals surface area contributed by atoms with Crippen molar-refractivity contribution in [3.05, 3.63) is 41.2 Å². The molecule has 0 saturated carbocycles. The van der Waals surface area contributed by atoms with Crippen LogP contribution in [-0.2, 0) is 16.1 Å². The van der Waals surface area contributed by atoms with Crippen molar-refractivity contribution in [2.24, 2.45) is 5.10 Å². The van der Waals surface area contributed by atoms with E-state index in [1.54, 1.807) is 6.92 Å². The third kappa shape index (κ3) is 6.51. The van der Waals surface area contributed by atoms with Crippen LogP contribution in [-0.4, -0.2) is 25.5 Å². The first-order valence-electron chi connectivity index (χ1n) is 5.39. The summed E-state index contributed by atoms with van der Waals surface area (Å²) >= 11 is 0. The van der Waals surface area contributed by atoms with Gasteiger partial charge in [-0.05, 0) is 12.5 Å². The molecule has 0 amide bonds. The minimum atomic E-state index is -0.518. The molecule has 0 bridgehead atoms. The van der Waals surface area contributed by atoms with Crippen molar-refractivity contribution < 1.29 is 60.9 Å². The van der Waals surface area contributed by atoms with Gasteiger partial charge in [-0.3, -0.25) is 0 Å². The molecular weight excluding hydrogens is 257 g/mol. The van der Waals surface area contributed by atoms with Gasteiger partial charge in [-0.25, -0.2) is 4.79 Å². The summed E-state index contributed by atoms with van der Waals surface area (Å²) in [4.78, 5) is 11.3. The summed E-state index contributed by atoms with van der Waals surface area (Å²) in [5.74, 6) is -0.474. The third-order valence-corrected chi connectivity index (χ3v) is 1.98. The van der Waals surface area contributed by atoms with E-state index in [9.17, 15) is 4.79 Å². The SMILES string of the molecule is CCOC(=O)/C(=N/NCc1ccccc1)[N-]C.[K+]. The molecule has 0 fully saturated rings. The first-order chi connectivity index (χ1) is 8.27. The summed E-state index contributed by atoms with van der Waals surface area (Å²) < 4.78 is 4.79. The fourth-order valence-electron chi connectivity index (χ4n) is 1.18. The Labute approximate surface area is 150 Å². The Morgan fingerprint density at radius 2 is 2.06 bits per heavy atom. The predicted octanol–water partition coefficient (Wildman–Crippen LogP) is -1.34. The van der Waals surface area contributed by atoms with Gasteiger partial charge >= 0.3 is 57.4 Å². The van der Waals surface area contributed by atoms with Gasteiger partial charge in [-0.2, -0.15) is 0 Å². The minimum Gasteiger partial charge on any atom is -0.463 e. The van der Waals surface area contributed by atoms with Crippen LogP contribution in [0.5, 0.6) is 0 Å². The number of rotatable bonds is 4. The fraction of sp³-hybridized carbons (Fsp3) is 0.333. The van der Waals surface area contributed by atoms with Gasteiger partial charge in [0.15, 0.2) is 0 Å². The molecule has 0 spiro atoms. The Balaban J connectivity index is 0.00000289. The van der Waals surface area contributed by atoms with Crippen molar-refractivity contribution in [2.75, 3.05) is 13.7 Å². The summed E-state index contributed by atoms with van der Waals surface area (Å²) in [6, 6.07) is 9.76. The molecule has 0 aliphatic heterocycles. The van der Waals surface area contributed by atoms with Gasteiger partial charge in [0.1, 0.15) is 0 Å². The number of hydrazone groups is 1. The molecule has 5 nitrogen and oxygen atoms in total. The molecule has 1 N–H and O–H groups in total. The number of esters is 1. The van der Waals surface area contributed by atoms with Crippen LogP contribution >= 0.6 is 0 Å². The van der Waals surface area contributed by atoms with Crippen LogP contribution in [0.25, 0.3) is 5.32 Å². The van der Waals surface area contributed by atoms with Gasteiger partial charge in [-0.1, -0.05) is 37.4 Å². The molecule has 0 aliphatic rings. The van der Waals surface area contributed by atoms with Gasteiger partial charge in [0.25, 0.3) is 0 Å². The van der Waals surface area contributed by atoms with E-state index >= 15 is 0 Å². The monoisotopic (exact) mass is 273 g/mol. The molecule has 0 radical (unpaired) electrons. The smallest absolute Gasteiger partial charge is 0.463 e. The standard InChI is InChI=1S/C12H16N3O2.K/c1-3-17-12(16)11(13-2)15-14-9-10-7-5-4-6-8-10;/h4-8H,3,9H2,1-2H3,(H-,13,14,15,16);/q-1;+1. The van der Waals surface area contributed by atoms with Crippen molar-refractivity contribution in [3.63, 3.8) is 0 Å². The summed E-state index contributed by atoms with van der Waals surface area (Å²) in [7, 11) is 1.50. The molecule has 0 heterocycles. The molecule has 1 aromatic carbocycles. The van der Waals surface area contributed by atoms with Crippen LogP contribution in [0.2, 0.25) is 0 Å². The van der Waals surface area contributed by atoms with E-state index in [-0.39, 0.29) is 57.2 Å². The van der Waals surface area contributed by atoms with Gasteiger partial charge in [0.05, 0.1) is 6.61 Å². The van der Waals surface area contributed by atoms with Gasteiger partial charge in [0, 0.05) is 12.4 Å². The quantitative estimate of drug-likeness (QED) is 0.243. The number of hydrogen-bond acceptors (Lipinski definition) is 4. The van der Waals surface area contributed by atoms with Crippen LogP contribution in [0.1, 0.15) is 12.5 Å². The summed E-state index contributed by atoms with van der Waals surface area (Å²) in [6.07, 6.45) is 0. The molecule has 0 aliphatic carbocycles. The van der Waals surface area contributed by atoms with Crippen LogP contribution < -0.4 is 56.8 Å². The number of carbonyl (C=O) groups excluding carboxylic acids is 1. The van der Waals surface area contributed by atoms with E-state index < -0.39 is 5.97 Å². The normalized spacial score (nSPS) is 10.2. The van der Waals surface area contributed by atoms with Gasteiger partial charge in [0.2, 0.25) is 0 Å². The zero-order valence-electron chi connectivity index (χ0n) is 11.0. The van der Waals surface area contributed by atoms with Crippen LogP contribution in [0.3, 0.4) is 0 Å². The number of benzene rings is 1. The Morgan fingerprint density at radius 1 is 1.39 bits per heavy atom. The minimum absolute atomic E-state index is 0. The van der Waals surface area contributed by atoms with Crippen LogP contribution in [0.15, 0.2) is 35.4 Å². The average molecular weight is 273 g/mol. The molecule has 1 aromatic rings. The number of nitrogens with zero attached hydrogens (tertiary/aromatic N) is 2. The van der Waals surface area contributed by atoms with Crippen molar-refractivity contribution in [1.82, 2.24) is 5.43 Å². The Kier molecular flexibility index (Phi) is 10.3. The second-order valence-corrected chi connectivity index (χ2v) is 3.20. The Bertz CT molecular complexity index is 382. The zero-order valence-corrected chi connectivity index (χ0v) is 14.1. The second kappa shape index (κ2) is 10.5. The maximum Gasteiger partial charge on any atom is 1.00 e.